The van der Waals surface area contributed by atoms with Gasteiger partial charge in [-0.25, -0.2) is 0 Å². The largest absolute Gasteiger partial charge is 0.491 e. The van der Waals surface area contributed by atoms with E-state index in [9.17, 15) is 0 Å². The first kappa shape index (κ1) is 9.43. The molecule has 1 atom stereocenters. The molecule has 0 amide bonds. The van der Waals surface area contributed by atoms with Crippen LogP contribution in [0, 0.1) is 0 Å². The number of hydrogen-bond acceptors (Lipinski definition) is 4. The number of nitrogens with two attached hydrogens (primary N) is 1. The van der Waals surface area contributed by atoms with Crippen LogP contribution in [-0.2, 0) is 4.74 Å². The second-order valence-corrected chi connectivity index (χ2v) is 3.64. The first-order valence-electron chi connectivity index (χ1n) is 4.68. The molecule has 0 bridgehead atoms. The molecule has 1 aromatic heterocycles. The van der Waals surface area contributed by atoms with Gasteiger partial charge in [-0.3, -0.25) is 4.98 Å². The summed E-state index contributed by atoms with van der Waals surface area (Å²) in [6.45, 7) is 1.81. The Kier molecular flexibility index (Phi) is 2.65. The fourth-order valence-corrected chi connectivity index (χ4v) is 1.40. The monoisotopic (exact) mass is 194 g/mol. The minimum absolute atomic E-state index is 0.316. The maximum atomic E-state index is 6.04. The van der Waals surface area contributed by atoms with Crippen molar-refractivity contribution in [2.45, 2.75) is 12.0 Å². The summed E-state index contributed by atoms with van der Waals surface area (Å²) in [6.07, 6.45) is 4.26. The molecule has 76 valence electrons. The molecular formula is C10H14N2O2. The van der Waals surface area contributed by atoms with Gasteiger partial charge in [0.05, 0.1) is 12.1 Å². The molecule has 2 heterocycles. The van der Waals surface area contributed by atoms with E-state index in [0.717, 1.165) is 18.8 Å². The van der Waals surface area contributed by atoms with E-state index in [4.69, 9.17) is 15.2 Å². The molecule has 0 spiro atoms. The Hall–Kier alpha value is -1.13. The van der Waals surface area contributed by atoms with E-state index in [1.54, 1.807) is 12.4 Å². The fraction of sp³-hybridized carbons (Fsp3) is 0.500. The summed E-state index contributed by atoms with van der Waals surface area (Å²) in [7, 11) is 0. The maximum Gasteiger partial charge on any atom is 0.122 e. The molecule has 2 N–H and O–H groups in total. The predicted octanol–water partition coefficient (Wildman–Crippen LogP) is 0.578. The van der Waals surface area contributed by atoms with Crippen molar-refractivity contribution in [3.8, 4) is 5.75 Å². The number of aromatic nitrogens is 1. The second-order valence-electron chi connectivity index (χ2n) is 3.64. The molecule has 1 fully saturated rings. The van der Waals surface area contributed by atoms with E-state index in [2.05, 4.69) is 4.98 Å². The topological polar surface area (TPSA) is 57.4 Å². The molecule has 1 aromatic rings. The molecule has 0 aliphatic carbocycles. The lowest BCUT2D eigenvalue weighted by molar-refractivity contribution is 0.151. The highest BCUT2D eigenvalue weighted by molar-refractivity contribution is 5.17. The fourth-order valence-electron chi connectivity index (χ4n) is 1.40. The summed E-state index contributed by atoms with van der Waals surface area (Å²) in [4.78, 5) is 3.91. The van der Waals surface area contributed by atoms with E-state index in [1.807, 2.05) is 12.1 Å². The quantitative estimate of drug-likeness (QED) is 0.764. The Bertz CT molecular complexity index is 283. The van der Waals surface area contributed by atoms with E-state index in [1.165, 1.54) is 0 Å². The highest BCUT2D eigenvalue weighted by Crippen LogP contribution is 2.17. The number of hydrogen-bond donors (Lipinski definition) is 1. The Morgan fingerprint density at radius 3 is 2.93 bits per heavy atom. The van der Waals surface area contributed by atoms with Gasteiger partial charge >= 0.3 is 0 Å². The lowest BCUT2D eigenvalue weighted by Gasteiger charge is -2.21. The van der Waals surface area contributed by atoms with Gasteiger partial charge in [-0.2, -0.15) is 0 Å². The molecule has 4 heteroatoms. The van der Waals surface area contributed by atoms with Gasteiger partial charge in [0.1, 0.15) is 12.4 Å². The van der Waals surface area contributed by atoms with Crippen LogP contribution in [0.3, 0.4) is 0 Å². The third-order valence-electron chi connectivity index (χ3n) is 2.31. The smallest absolute Gasteiger partial charge is 0.122 e. The van der Waals surface area contributed by atoms with Crippen LogP contribution in [0.2, 0.25) is 0 Å². The first-order chi connectivity index (χ1) is 6.79. The van der Waals surface area contributed by atoms with Crippen molar-refractivity contribution < 1.29 is 9.47 Å². The Labute approximate surface area is 83.0 Å². The third-order valence-corrected chi connectivity index (χ3v) is 2.31. The number of pyridine rings is 1. The van der Waals surface area contributed by atoms with Crippen molar-refractivity contribution in [3.05, 3.63) is 24.5 Å². The zero-order valence-corrected chi connectivity index (χ0v) is 7.98. The van der Waals surface area contributed by atoms with Crippen molar-refractivity contribution in [1.29, 1.82) is 0 Å². The van der Waals surface area contributed by atoms with Crippen molar-refractivity contribution in [3.63, 3.8) is 0 Å². The molecule has 2 rings (SSSR count). The average molecular weight is 194 g/mol. The van der Waals surface area contributed by atoms with Gasteiger partial charge in [0.2, 0.25) is 0 Å². The summed E-state index contributed by atoms with van der Waals surface area (Å²) in [6, 6.07) is 3.64. The third kappa shape index (κ3) is 2.21. The van der Waals surface area contributed by atoms with Crippen molar-refractivity contribution in [2.24, 2.45) is 5.73 Å². The zero-order chi connectivity index (χ0) is 9.86. The number of nitrogens with zero attached hydrogens (tertiary/aromatic N) is 1. The van der Waals surface area contributed by atoms with Crippen molar-refractivity contribution in [1.82, 2.24) is 4.98 Å². The van der Waals surface area contributed by atoms with E-state index >= 15 is 0 Å². The summed E-state index contributed by atoms with van der Waals surface area (Å²) >= 11 is 0. The molecular weight excluding hydrogens is 180 g/mol. The van der Waals surface area contributed by atoms with Gasteiger partial charge in [-0.1, -0.05) is 0 Å². The number of ether oxygens (including phenoxy) is 2. The second kappa shape index (κ2) is 3.94. The molecule has 14 heavy (non-hydrogen) atoms. The van der Waals surface area contributed by atoms with Gasteiger partial charge in [-0.05, 0) is 18.6 Å². The standard InChI is InChI=1S/C10H14N2O2/c11-10(3-6-13-7-10)8-14-9-1-4-12-5-2-9/h1-2,4-5H,3,6-8,11H2. The summed E-state index contributed by atoms with van der Waals surface area (Å²) in [5, 5.41) is 0. The SMILES string of the molecule is NC1(COc2ccncc2)CCOC1. The molecule has 1 aliphatic heterocycles. The molecule has 1 saturated heterocycles. The van der Waals surface area contributed by atoms with Gasteiger partial charge in [0.15, 0.2) is 0 Å². The van der Waals surface area contributed by atoms with Crippen molar-refractivity contribution in [2.75, 3.05) is 19.8 Å². The highest BCUT2D eigenvalue weighted by atomic mass is 16.5. The van der Waals surface area contributed by atoms with Crippen LogP contribution in [0.5, 0.6) is 5.75 Å². The predicted molar refractivity (Wildman–Crippen MR) is 52.1 cm³/mol. The molecule has 0 aromatic carbocycles. The van der Waals surface area contributed by atoms with E-state index in [0.29, 0.717) is 13.2 Å². The normalized spacial score (nSPS) is 26.4. The van der Waals surface area contributed by atoms with Gasteiger partial charge < -0.3 is 15.2 Å². The van der Waals surface area contributed by atoms with Crippen LogP contribution in [0.15, 0.2) is 24.5 Å². The summed E-state index contributed by atoms with van der Waals surface area (Å²) in [5.74, 6) is 0.803. The minimum atomic E-state index is -0.316. The van der Waals surface area contributed by atoms with Crippen LogP contribution in [0.25, 0.3) is 0 Å². The van der Waals surface area contributed by atoms with Crippen LogP contribution in [-0.4, -0.2) is 30.3 Å². The lowest BCUT2D eigenvalue weighted by atomic mass is 10.0. The van der Waals surface area contributed by atoms with Crippen molar-refractivity contribution >= 4 is 0 Å². The van der Waals surface area contributed by atoms with Crippen LogP contribution < -0.4 is 10.5 Å². The van der Waals surface area contributed by atoms with E-state index < -0.39 is 0 Å². The maximum absolute atomic E-state index is 6.04. The Balaban J connectivity index is 1.88. The van der Waals surface area contributed by atoms with E-state index in [-0.39, 0.29) is 5.54 Å². The minimum Gasteiger partial charge on any atom is -0.491 e. The Morgan fingerprint density at radius 1 is 1.50 bits per heavy atom. The molecule has 1 unspecified atom stereocenters. The molecule has 1 aliphatic rings. The lowest BCUT2D eigenvalue weighted by Crippen LogP contribution is -2.46. The van der Waals surface area contributed by atoms with Gasteiger partial charge in [0.25, 0.3) is 0 Å². The molecule has 4 nitrogen and oxygen atoms in total. The molecule has 0 saturated carbocycles. The van der Waals surface area contributed by atoms with Gasteiger partial charge in [0, 0.05) is 19.0 Å². The summed E-state index contributed by atoms with van der Waals surface area (Å²) < 4.78 is 10.8. The zero-order valence-electron chi connectivity index (χ0n) is 7.98. The van der Waals surface area contributed by atoms with Crippen LogP contribution in [0.4, 0.5) is 0 Å². The van der Waals surface area contributed by atoms with Crippen LogP contribution >= 0.6 is 0 Å². The van der Waals surface area contributed by atoms with Gasteiger partial charge in [-0.15, -0.1) is 0 Å². The van der Waals surface area contributed by atoms with Crippen LogP contribution in [0.1, 0.15) is 6.42 Å². The highest BCUT2D eigenvalue weighted by Gasteiger charge is 2.31. The Morgan fingerprint density at radius 2 is 2.29 bits per heavy atom. The number of rotatable bonds is 3. The first-order valence-corrected chi connectivity index (χ1v) is 4.68. The summed E-state index contributed by atoms with van der Waals surface area (Å²) in [5.41, 5.74) is 5.73. The average Bonchev–Trinajstić information content (AvgIpc) is 2.65. The molecule has 0 radical (unpaired) electrons.